The van der Waals surface area contributed by atoms with Crippen LogP contribution in [0.2, 0.25) is 0 Å². The Morgan fingerprint density at radius 2 is 2.00 bits per heavy atom. The molecule has 0 unspecified atom stereocenters. The fourth-order valence-electron chi connectivity index (χ4n) is 1.12. The van der Waals surface area contributed by atoms with Gasteiger partial charge in [0.15, 0.2) is 0 Å². The van der Waals surface area contributed by atoms with E-state index >= 15 is 0 Å². The molecule has 4 nitrogen and oxygen atoms in total. The lowest BCUT2D eigenvalue weighted by Gasteiger charge is -2.04. The van der Waals surface area contributed by atoms with Crippen molar-refractivity contribution in [2.24, 2.45) is 0 Å². The van der Waals surface area contributed by atoms with Crippen LogP contribution < -0.4 is 5.32 Å². The van der Waals surface area contributed by atoms with Crippen LogP contribution in [0.4, 0.5) is 5.82 Å². The molecule has 2 heterocycles. The molecule has 2 aromatic heterocycles. The number of hydrogen-bond acceptors (Lipinski definition) is 4. The van der Waals surface area contributed by atoms with Gasteiger partial charge in [0.05, 0.1) is 0 Å². The highest BCUT2D eigenvalue weighted by Crippen LogP contribution is 2.10. The zero-order valence-corrected chi connectivity index (χ0v) is 9.48. The molecule has 0 saturated carbocycles. The number of anilines is 1. The van der Waals surface area contributed by atoms with Crippen LogP contribution in [0.25, 0.3) is 0 Å². The van der Waals surface area contributed by atoms with E-state index in [2.05, 4.69) is 36.2 Å². The zero-order valence-electron chi connectivity index (χ0n) is 7.89. The summed E-state index contributed by atoms with van der Waals surface area (Å²) in [5.41, 5.74) is 1.17. The van der Waals surface area contributed by atoms with Crippen molar-refractivity contribution < 1.29 is 0 Å². The van der Waals surface area contributed by atoms with E-state index in [1.165, 1.54) is 11.9 Å². The quantitative estimate of drug-likeness (QED) is 0.865. The Hall–Kier alpha value is -1.49. The Morgan fingerprint density at radius 1 is 1.20 bits per heavy atom. The van der Waals surface area contributed by atoms with Crippen molar-refractivity contribution >= 4 is 21.7 Å². The fraction of sp³-hybridized carbons (Fsp3) is 0.100. The van der Waals surface area contributed by atoms with Crippen molar-refractivity contribution in [1.82, 2.24) is 15.0 Å². The second-order valence-corrected chi connectivity index (χ2v) is 3.75. The van der Waals surface area contributed by atoms with Crippen LogP contribution >= 0.6 is 15.9 Å². The Bertz CT molecular complexity index is 432. The van der Waals surface area contributed by atoms with Crippen LogP contribution in [-0.2, 0) is 6.54 Å². The first kappa shape index (κ1) is 10.0. The Morgan fingerprint density at radius 3 is 2.73 bits per heavy atom. The van der Waals surface area contributed by atoms with Crippen LogP contribution in [0.3, 0.4) is 0 Å². The van der Waals surface area contributed by atoms with Crippen molar-refractivity contribution in [2.45, 2.75) is 6.54 Å². The second kappa shape index (κ2) is 4.84. The van der Waals surface area contributed by atoms with E-state index in [0.717, 1.165) is 17.0 Å². The van der Waals surface area contributed by atoms with Gasteiger partial charge in [0.25, 0.3) is 0 Å². The average molecular weight is 265 g/mol. The van der Waals surface area contributed by atoms with E-state index < -0.39 is 0 Å². The minimum Gasteiger partial charge on any atom is -0.366 e. The van der Waals surface area contributed by atoms with Gasteiger partial charge in [-0.15, -0.1) is 0 Å². The predicted octanol–water partition coefficient (Wildman–Crippen LogP) is 2.25. The molecule has 76 valence electrons. The topological polar surface area (TPSA) is 50.7 Å². The van der Waals surface area contributed by atoms with Crippen molar-refractivity contribution in [2.75, 3.05) is 5.32 Å². The minimum absolute atomic E-state index is 0.728. The molecule has 0 spiro atoms. The maximum atomic E-state index is 4.09. The smallest absolute Gasteiger partial charge is 0.130 e. The fourth-order valence-corrected chi connectivity index (χ4v) is 1.43. The minimum atomic E-state index is 0.728. The van der Waals surface area contributed by atoms with Crippen LogP contribution in [0.5, 0.6) is 0 Å². The van der Waals surface area contributed by atoms with Crippen molar-refractivity contribution in [3.63, 3.8) is 0 Å². The standard InChI is InChI=1S/C10H9BrN4/c11-9-5-10(15-7-14-9)13-6-8-1-3-12-4-2-8/h1-5,7H,6H2,(H,13,14,15). The highest BCUT2D eigenvalue weighted by atomic mass is 79.9. The summed E-state index contributed by atoms with van der Waals surface area (Å²) in [6.07, 6.45) is 5.05. The summed E-state index contributed by atoms with van der Waals surface area (Å²) in [7, 11) is 0. The summed E-state index contributed by atoms with van der Waals surface area (Å²) in [6.45, 7) is 0.728. The lowest BCUT2D eigenvalue weighted by Crippen LogP contribution is -2.01. The summed E-state index contributed by atoms with van der Waals surface area (Å²) >= 11 is 3.29. The molecular weight excluding hydrogens is 256 g/mol. The molecule has 5 heteroatoms. The van der Waals surface area contributed by atoms with Gasteiger partial charge in [0, 0.05) is 25.0 Å². The predicted molar refractivity (Wildman–Crippen MR) is 61.3 cm³/mol. The molecule has 2 aromatic rings. The number of aromatic nitrogens is 3. The average Bonchev–Trinajstić information content (AvgIpc) is 2.28. The number of rotatable bonds is 3. The maximum absolute atomic E-state index is 4.09. The number of pyridine rings is 1. The lowest BCUT2D eigenvalue weighted by atomic mass is 10.3. The van der Waals surface area contributed by atoms with E-state index in [-0.39, 0.29) is 0 Å². The lowest BCUT2D eigenvalue weighted by molar-refractivity contribution is 1.06. The second-order valence-electron chi connectivity index (χ2n) is 2.93. The largest absolute Gasteiger partial charge is 0.366 e. The summed E-state index contributed by atoms with van der Waals surface area (Å²) in [5.74, 6) is 0.800. The van der Waals surface area contributed by atoms with Crippen LogP contribution in [0.15, 0.2) is 41.5 Å². The van der Waals surface area contributed by atoms with E-state index in [1.807, 2.05) is 18.2 Å². The van der Waals surface area contributed by atoms with Gasteiger partial charge in [-0.25, -0.2) is 9.97 Å². The van der Waals surface area contributed by atoms with E-state index in [9.17, 15) is 0 Å². The highest BCUT2D eigenvalue weighted by Gasteiger charge is 1.95. The number of nitrogens with one attached hydrogen (secondary N) is 1. The van der Waals surface area contributed by atoms with Gasteiger partial charge in [-0.3, -0.25) is 4.98 Å². The SMILES string of the molecule is Brc1cc(NCc2ccncc2)ncn1. The first-order valence-electron chi connectivity index (χ1n) is 4.45. The van der Waals surface area contributed by atoms with Gasteiger partial charge in [0.2, 0.25) is 0 Å². The highest BCUT2D eigenvalue weighted by molar-refractivity contribution is 9.10. The normalized spacial score (nSPS) is 9.93. The molecule has 0 bridgehead atoms. The number of nitrogens with zero attached hydrogens (tertiary/aromatic N) is 3. The molecule has 15 heavy (non-hydrogen) atoms. The monoisotopic (exact) mass is 264 g/mol. The molecule has 0 saturated heterocycles. The Kier molecular flexibility index (Phi) is 3.24. The molecular formula is C10H9BrN4. The number of hydrogen-bond donors (Lipinski definition) is 1. The van der Waals surface area contributed by atoms with E-state index in [4.69, 9.17) is 0 Å². The van der Waals surface area contributed by atoms with Gasteiger partial charge in [0.1, 0.15) is 16.7 Å². The first-order valence-corrected chi connectivity index (χ1v) is 5.24. The van der Waals surface area contributed by atoms with E-state index in [0.29, 0.717) is 0 Å². The van der Waals surface area contributed by atoms with Crippen molar-refractivity contribution in [1.29, 1.82) is 0 Å². The Labute approximate surface area is 95.9 Å². The van der Waals surface area contributed by atoms with Gasteiger partial charge < -0.3 is 5.32 Å². The molecule has 2 rings (SSSR count). The Balaban J connectivity index is 1.99. The third-order valence-corrected chi connectivity index (χ3v) is 2.29. The van der Waals surface area contributed by atoms with Crippen LogP contribution in [0, 0.1) is 0 Å². The van der Waals surface area contributed by atoms with Gasteiger partial charge in [-0.05, 0) is 33.6 Å². The molecule has 1 N–H and O–H groups in total. The molecule has 0 aliphatic carbocycles. The van der Waals surface area contributed by atoms with Gasteiger partial charge in [-0.1, -0.05) is 0 Å². The summed E-state index contributed by atoms with van der Waals surface area (Å²) in [6, 6.07) is 5.76. The maximum Gasteiger partial charge on any atom is 0.130 e. The van der Waals surface area contributed by atoms with Crippen molar-refractivity contribution in [3.8, 4) is 0 Å². The molecule has 0 aliphatic rings. The summed E-state index contributed by atoms with van der Waals surface area (Å²) in [5, 5.41) is 3.19. The summed E-state index contributed by atoms with van der Waals surface area (Å²) < 4.78 is 0.773. The third kappa shape index (κ3) is 2.99. The molecule has 0 radical (unpaired) electrons. The summed E-state index contributed by atoms with van der Waals surface area (Å²) in [4.78, 5) is 12.0. The van der Waals surface area contributed by atoms with Crippen LogP contribution in [-0.4, -0.2) is 15.0 Å². The molecule has 0 amide bonds. The number of halogens is 1. The third-order valence-electron chi connectivity index (χ3n) is 1.86. The zero-order chi connectivity index (χ0) is 10.5. The van der Waals surface area contributed by atoms with Gasteiger partial charge >= 0.3 is 0 Å². The van der Waals surface area contributed by atoms with E-state index in [1.54, 1.807) is 12.4 Å². The molecule has 0 aliphatic heterocycles. The first-order chi connectivity index (χ1) is 7.34. The molecule has 0 aromatic carbocycles. The van der Waals surface area contributed by atoms with Gasteiger partial charge in [-0.2, -0.15) is 0 Å². The molecule has 0 atom stereocenters. The van der Waals surface area contributed by atoms with Crippen LogP contribution in [0.1, 0.15) is 5.56 Å². The van der Waals surface area contributed by atoms with Crippen molar-refractivity contribution in [3.05, 3.63) is 47.1 Å². The molecule has 0 fully saturated rings.